The van der Waals surface area contributed by atoms with E-state index < -0.39 is 11.2 Å². The fourth-order valence-corrected chi connectivity index (χ4v) is 5.27. The van der Waals surface area contributed by atoms with E-state index in [1.54, 1.807) is 13.8 Å². The van der Waals surface area contributed by atoms with Gasteiger partial charge in [-0.2, -0.15) is 0 Å². The van der Waals surface area contributed by atoms with Gasteiger partial charge in [0.1, 0.15) is 0 Å². The highest BCUT2D eigenvalue weighted by atomic mass is 32.1. The number of hydrogen-bond acceptors (Lipinski definition) is 3. The van der Waals surface area contributed by atoms with Crippen molar-refractivity contribution in [2.45, 2.75) is 38.9 Å². The smallest absolute Gasteiger partial charge is 0.310 e. The molecule has 0 saturated heterocycles. The fourth-order valence-electron chi connectivity index (χ4n) is 4.09. The Hall–Kier alpha value is -2.92. The van der Waals surface area contributed by atoms with Gasteiger partial charge in [-0.3, -0.25) is 0 Å². The summed E-state index contributed by atoms with van der Waals surface area (Å²) in [5.41, 5.74) is 4.47. The van der Waals surface area contributed by atoms with E-state index >= 15 is 0 Å². The summed E-state index contributed by atoms with van der Waals surface area (Å²) in [4.78, 5) is 0. The lowest BCUT2D eigenvalue weighted by Gasteiger charge is -2.37. The Labute approximate surface area is 206 Å². The molecule has 1 heterocycles. The van der Waals surface area contributed by atoms with Gasteiger partial charge in [-0.25, -0.2) is 0 Å². The van der Waals surface area contributed by atoms with Crippen molar-refractivity contribution in [2.24, 2.45) is 0 Å². The SMILES string of the molecule is CC(C)(O)C(C)(C)OBc1cccc2c1sc1ccc(-c3cccc(-c4ccccc4)c3)cc12. The lowest BCUT2D eigenvalue weighted by Crippen LogP contribution is -2.49. The highest BCUT2D eigenvalue weighted by Crippen LogP contribution is 2.36. The second-order valence-corrected chi connectivity index (χ2v) is 11.0. The fraction of sp³-hybridized carbons (Fsp3) is 0.200. The first-order chi connectivity index (χ1) is 16.2. The zero-order chi connectivity index (χ0) is 23.9. The van der Waals surface area contributed by atoms with Crippen molar-refractivity contribution in [1.29, 1.82) is 0 Å². The van der Waals surface area contributed by atoms with Crippen molar-refractivity contribution < 1.29 is 9.76 Å². The van der Waals surface area contributed by atoms with Crippen LogP contribution in [-0.4, -0.2) is 23.8 Å². The summed E-state index contributed by atoms with van der Waals surface area (Å²) in [6.45, 7) is 7.46. The van der Waals surface area contributed by atoms with Crippen LogP contribution < -0.4 is 5.46 Å². The van der Waals surface area contributed by atoms with Gasteiger partial charge in [-0.1, -0.05) is 72.8 Å². The molecular weight excluding hydrogens is 435 g/mol. The minimum absolute atomic E-state index is 0.465. The third-order valence-corrected chi connectivity index (χ3v) is 8.21. The van der Waals surface area contributed by atoms with Gasteiger partial charge in [0.25, 0.3) is 0 Å². The van der Waals surface area contributed by atoms with E-state index in [9.17, 15) is 5.11 Å². The molecule has 0 bridgehead atoms. The summed E-state index contributed by atoms with van der Waals surface area (Å²) >= 11 is 1.81. The second kappa shape index (κ2) is 8.70. The molecular formula is C30H29BO2S. The highest BCUT2D eigenvalue weighted by Gasteiger charge is 2.35. The van der Waals surface area contributed by atoms with Crippen LogP contribution in [0.2, 0.25) is 0 Å². The maximum absolute atomic E-state index is 10.5. The van der Waals surface area contributed by atoms with E-state index in [1.165, 1.54) is 42.4 Å². The Morgan fingerprint density at radius 2 is 1.32 bits per heavy atom. The summed E-state index contributed by atoms with van der Waals surface area (Å²) in [5, 5.41) is 13.0. The van der Waals surface area contributed by atoms with Crippen molar-refractivity contribution in [3.8, 4) is 22.3 Å². The van der Waals surface area contributed by atoms with Gasteiger partial charge in [0, 0.05) is 14.8 Å². The molecule has 0 aliphatic heterocycles. The molecule has 170 valence electrons. The van der Waals surface area contributed by atoms with E-state index in [1.807, 2.05) is 31.3 Å². The van der Waals surface area contributed by atoms with Crippen molar-refractivity contribution in [1.82, 2.24) is 0 Å². The quantitative estimate of drug-likeness (QED) is 0.276. The second-order valence-electron chi connectivity index (χ2n) is 9.91. The van der Waals surface area contributed by atoms with Gasteiger partial charge >= 0.3 is 7.48 Å². The maximum Gasteiger partial charge on any atom is 0.310 e. The zero-order valence-electron chi connectivity index (χ0n) is 20.1. The van der Waals surface area contributed by atoms with Crippen LogP contribution >= 0.6 is 11.3 Å². The van der Waals surface area contributed by atoms with Crippen molar-refractivity contribution in [2.75, 3.05) is 0 Å². The molecule has 0 saturated carbocycles. The molecule has 5 aromatic rings. The topological polar surface area (TPSA) is 29.5 Å². The van der Waals surface area contributed by atoms with E-state index in [-0.39, 0.29) is 0 Å². The van der Waals surface area contributed by atoms with Crippen LogP contribution in [0, 0.1) is 0 Å². The van der Waals surface area contributed by atoms with Crippen LogP contribution in [0.5, 0.6) is 0 Å². The van der Waals surface area contributed by atoms with E-state index in [4.69, 9.17) is 4.65 Å². The van der Waals surface area contributed by atoms with Crippen LogP contribution in [0.3, 0.4) is 0 Å². The predicted molar refractivity (Wildman–Crippen MR) is 148 cm³/mol. The average Bonchev–Trinajstić information content (AvgIpc) is 3.21. The first-order valence-corrected chi connectivity index (χ1v) is 12.5. The molecule has 0 unspecified atom stereocenters. The highest BCUT2D eigenvalue weighted by molar-refractivity contribution is 7.27. The number of aliphatic hydroxyl groups is 1. The molecule has 0 spiro atoms. The maximum atomic E-state index is 10.5. The number of benzene rings is 4. The lowest BCUT2D eigenvalue weighted by atomic mass is 9.82. The van der Waals surface area contributed by atoms with E-state index in [2.05, 4.69) is 84.9 Å². The minimum Gasteiger partial charge on any atom is -0.427 e. The average molecular weight is 464 g/mol. The molecule has 1 aromatic heterocycles. The van der Waals surface area contributed by atoms with Crippen LogP contribution in [0.15, 0.2) is 91.0 Å². The first kappa shape index (κ1) is 22.9. The van der Waals surface area contributed by atoms with Crippen molar-refractivity contribution in [3.63, 3.8) is 0 Å². The van der Waals surface area contributed by atoms with Crippen LogP contribution in [-0.2, 0) is 4.65 Å². The molecule has 0 radical (unpaired) electrons. The minimum atomic E-state index is -0.926. The Bertz CT molecular complexity index is 1460. The molecule has 5 rings (SSSR count). The molecule has 0 aliphatic carbocycles. The third-order valence-electron chi connectivity index (χ3n) is 6.94. The zero-order valence-corrected chi connectivity index (χ0v) is 20.9. The molecule has 4 aromatic carbocycles. The van der Waals surface area contributed by atoms with Crippen molar-refractivity contribution >= 4 is 44.5 Å². The molecule has 0 aliphatic rings. The number of rotatable bonds is 6. The largest absolute Gasteiger partial charge is 0.427 e. The molecule has 2 nitrogen and oxygen atoms in total. The molecule has 0 atom stereocenters. The van der Waals surface area contributed by atoms with Gasteiger partial charge in [-0.15, -0.1) is 11.3 Å². The Balaban J connectivity index is 1.52. The molecule has 4 heteroatoms. The van der Waals surface area contributed by atoms with Gasteiger partial charge in [0.2, 0.25) is 0 Å². The normalized spacial score (nSPS) is 12.4. The molecule has 1 N–H and O–H groups in total. The summed E-state index contributed by atoms with van der Waals surface area (Å²) in [7, 11) is 0.465. The summed E-state index contributed by atoms with van der Waals surface area (Å²) in [6.07, 6.45) is 0. The van der Waals surface area contributed by atoms with Gasteiger partial charge < -0.3 is 9.76 Å². The number of hydrogen-bond donors (Lipinski definition) is 1. The molecule has 0 amide bonds. The summed E-state index contributed by atoms with van der Waals surface area (Å²) in [5.74, 6) is 0. The number of fused-ring (bicyclic) bond motifs is 3. The monoisotopic (exact) mass is 464 g/mol. The van der Waals surface area contributed by atoms with Gasteiger partial charge in [-0.05, 0) is 79.0 Å². The van der Waals surface area contributed by atoms with Gasteiger partial charge in [0.15, 0.2) is 0 Å². The van der Waals surface area contributed by atoms with Crippen LogP contribution in [0.4, 0.5) is 0 Å². The molecule has 34 heavy (non-hydrogen) atoms. The third kappa shape index (κ3) is 4.29. The van der Waals surface area contributed by atoms with Crippen LogP contribution in [0.25, 0.3) is 42.4 Å². The Kier molecular flexibility index (Phi) is 5.85. The van der Waals surface area contributed by atoms with Gasteiger partial charge in [0.05, 0.1) is 11.2 Å². The number of thiophene rings is 1. The lowest BCUT2D eigenvalue weighted by molar-refractivity contribution is -0.0893. The molecule has 0 fully saturated rings. The van der Waals surface area contributed by atoms with E-state index in [0.717, 1.165) is 5.46 Å². The standard InChI is InChI=1S/C30H29BO2S/c1-29(2,32)30(3,4)33-31-26-15-9-14-24-25-19-23(16-17-27(25)34-28(24)26)22-13-8-12-21(18-22)20-10-6-5-7-11-20/h5-19,31-32H,1-4H3. The predicted octanol–water partition coefficient (Wildman–Crippen LogP) is 6.93. The summed E-state index contributed by atoms with van der Waals surface area (Å²) < 4.78 is 8.71. The first-order valence-electron chi connectivity index (χ1n) is 11.7. The van der Waals surface area contributed by atoms with E-state index in [0.29, 0.717) is 7.48 Å². The van der Waals surface area contributed by atoms with Crippen molar-refractivity contribution in [3.05, 3.63) is 91.0 Å². The summed E-state index contributed by atoms with van der Waals surface area (Å²) in [6, 6.07) is 32.4. The Morgan fingerprint density at radius 1 is 0.676 bits per heavy atom. The van der Waals surface area contributed by atoms with Crippen LogP contribution in [0.1, 0.15) is 27.7 Å². The Morgan fingerprint density at radius 3 is 2.06 bits per heavy atom.